The summed E-state index contributed by atoms with van der Waals surface area (Å²) in [6.45, 7) is 0. The molecule has 0 saturated heterocycles. The third-order valence-electron chi connectivity index (χ3n) is 2.82. The van der Waals surface area contributed by atoms with Crippen LogP contribution >= 0.6 is 11.6 Å². The first-order chi connectivity index (χ1) is 9.81. The molecule has 0 amide bonds. The number of hydrogen-bond donors (Lipinski definition) is 2. The Balaban J connectivity index is 2.45. The summed E-state index contributed by atoms with van der Waals surface area (Å²) in [5.41, 5.74) is 5.39. The van der Waals surface area contributed by atoms with Crippen molar-refractivity contribution < 1.29 is 17.9 Å². The van der Waals surface area contributed by atoms with Crippen molar-refractivity contribution in [2.24, 2.45) is 0 Å². The average molecular weight is 317 g/mol. The highest BCUT2D eigenvalue weighted by Crippen LogP contribution is 2.38. The lowest BCUT2D eigenvalue weighted by atomic mass is 10.1. The topological polar surface area (TPSA) is 47.3 Å². The van der Waals surface area contributed by atoms with E-state index in [-0.39, 0.29) is 10.7 Å². The molecule has 0 aromatic heterocycles. The van der Waals surface area contributed by atoms with Crippen LogP contribution in [-0.4, -0.2) is 7.11 Å². The molecule has 21 heavy (non-hydrogen) atoms. The van der Waals surface area contributed by atoms with Crippen molar-refractivity contribution >= 4 is 28.7 Å². The summed E-state index contributed by atoms with van der Waals surface area (Å²) >= 11 is 5.63. The zero-order valence-corrected chi connectivity index (χ0v) is 11.7. The maximum absolute atomic E-state index is 13.0. The van der Waals surface area contributed by atoms with Crippen molar-refractivity contribution in [2.75, 3.05) is 18.2 Å². The maximum atomic E-state index is 13.0. The first-order valence-corrected chi connectivity index (χ1v) is 6.26. The lowest BCUT2D eigenvalue weighted by Crippen LogP contribution is -2.09. The summed E-state index contributed by atoms with van der Waals surface area (Å²) in [4.78, 5) is 0. The Kier molecular flexibility index (Phi) is 4.18. The molecule has 112 valence electrons. The summed E-state index contributed by atoms with van der Waals surface area (Å²) in [6, 6.07) is 8.17. The predicted octanol–water partition coefficient (Wildman–Crippen LogP) is 4.69. The fourth-order valence-electron chi connectivity index (χ4n) is 1.78. The molecule has 0 unspecified atom stereocenters. The van der Waals surface area contributed by atoms with Gasteiger partial charge >= 0.3 is 6.18 Å². The van der Waals surface area contributed by atoms with E-state index in [0.717, 1.165) is 6.07 Å². The van der Waals surface area contributed by atoms with Gasteiger partial charge < -0.3 is 15.8 Å². The standard InChI is InChI=1S/C14H12ClF3N2O/c1-21-9-3-4-11(19)13(7-9)20-12-5-2-8(15)6-10(12)14(16,17)18/h2-7,20H,19H2,1H3. The lowest BCUT2D eigenvalue weighted by molar-refractivity contribution is -0.136. The Bertz CT molecular complexity index is 659. The molecular weight excluding hydrogens is 305 g/mol. The Morgan fingerprint density at radius 1 is 1.10 bits per heavy atom. The molecule has 0 aliphatic rings. The number of nitrogens with one attached hydrogen (secondary N) is 1. The minimum absolute atomic E-state index is 0.00601. The zero-order chi connectivity index (χ0) is 15.6. The predicted molar refractivity (Wildman–Crippen MR) is 77.1 cm³/mol. The van der Waals surface area contributed by atoms with E-state index < -0.39 is 11.7 Å². The first-order valence-electron chi connectivity index (χ1n) is 5.88. The maximum Gasteiger partial charge on any atom is 0.418 e. The highest BCUT2D eigenvalue weighted by Gasteiger charge is 2.34. The number of halogens is 4. The van der Waals surface area contributed by atoms with E-state index in [0.29, 0.717) is 17.1 Å². The number of anilines is 3. The van der Waals surface area contributed by atoms with Crippen LogP contribution in [0.3, 0.4) is 0 Å². The fourth-order valence-corrected chi connectivity index (χ4v) is 1.95. The van der Waals surface area contributed by atoms with E-state index in [1.807, 2.05) is 0 Å². The Morgan fingerprint density at radius 3 is 2.43 bits per heavy atom. The third-order valence-corrected chi connectivity index (χ3v) is 3.05. The SMILES string of the molecule is COc1ccc(N)c(Nc2ccc(Cl)cc2C(F)(F)F)c1. The molecule has 2 aromatic carbocycles. The first kappa shape index (κ1) is 15.3. The molecule has 3 nitrogen and oxygen atoms in total. The lowest BCUT2D eigenvalue weighted by Gasteiger charge is -2.16. The second-order valence-electron chi connectivity index (χ2n) is 4.27. The van der Waals surface area contributed by atoms with E-state index in [2.05, 4.69) is 5.32 Å². The Labute approximate surface area is 124 Å². The van der Waals surface area contributed by atoms with Gasteiger partial charge in [-0.25, -0.2) is 0 Å². The third kappa shape index (κ3) is 3.52. The number of alkyl halides is 3. The molecule has 0 spiro atoms. The van der Waals surface area contributed by atoms with Crippen molar-refractivity contribution in [3.63, 3.8) is 0 Å². The van der Waals surface area contributed by atoms with Crippen LogP contribution in [-0.2, 0) is 6.18 Å². The number of rotatable bonds is 3. The van der Waals surface area contributed by atoms with E-state index in [1.165, 1.54) is 25.3 Å². The molecule has 0 saturated carbocycles. The number of hydrogen-bond acceptors (Lipinski definition) is 3. The smallest absolute Gasteiger partial charge is 0.418 e. The normalized spacial score (nSPS) is 11.3. The van der Waals surface area contributed by atoms with Gasteiger partial charge in [0.2, 0.25) is 0 Å². The highest BCUT2D eigenvalue weighted by molar-refractivity contribution is 6.30. The van der Waals surface area contributed by atoms with Crippen LogP contribution in [0.2, 0.25) is 5.02 Å². The second-order valence-corrected chi connectivity index (χ2v) is 4.70. The minimum Gasteiger partial charge on any atom is -0.497 e. The number of benzene rings is 2. The van der Waals surface area contributed by atoms with Crippen molar-refractivity contribution in [3.8, 4) is 5.75 Å². The van der Waals surface area contributed by atoms with Gasteiger partial charge in [0.15, 0.2) is 0 Å². The molecule has 0 aliphatic heterocycles. The van der Waals surface area contributed by atoms with E-state index in [9.17, 15) is 13.2 Å². The van der Waals surface area contributed by atoms with Crippen LogP contribution in [0.5, 0.6) is 5.75 Å². The summed E-state index contributed by atoms with van der Waals surface area (Å²) in [7, 11) is 1.46. The van der Waals surface area contributed by atoms with Gasteiger partial charge in [-0.15, -0.1) is 0 Å². The van der Waals surface area contributed by atoms with Crippen LogP contribution in [0.15, 0.2) is 36.4 Å². The van der Waals surface area contributed by atoms with Gasteiger partial charge in [0, 0.05) is 11.1 Å². The molecule has 0 atom stereocenters. The molecule has 2 aromatic rings. The van der Waals surface area contributed by atoms with E-state index in [4.69, 9.17) is 22.1 Å². The molecule has 0 aliphatic carbocycles. The number of ether oxygens (including phenoxy) is 1. The summed E-state index contributed by atoms with van der Waals surface area (Å²) in [6.07, 6.45) is -4.53. The van der Waals surface area contributed by atoms with E-state index in [1.54, 1.807) is 12.1 Å². The van der Waals surface area contributed by atoms with Gasteiger partial charge in [-0.1, -0.05) is 11.6 Å². The summed E-state index contributed by atoms with van der Waals surface area (Å²) < 4.78 is 44.1. The highest BCUT2D eigenvalue weighted by atomic mass is 35.5. The Hall–Kier alpha value is -2.08. The molecule has 7 heteroatoms. The van der Waals surface area contributed by atoms with Crippen molar-refractivity contribution in [3.05, 3.63) is 47.0 Å². The van der Waals surface area contributed by atoms with Gasteiger partial charge in [0.05, 0.1) is 29.7 Å². The molecule has 0 bridgehead atoms. The van der Waals surface area contributed by atoms with Crippen LogP contribution in [0.25, 0.3) is 0 Å². The van der Waals surface area contributed by atoms with Crippen LogP contribution in [0.1, 0.15) is 5.56 Å². The van der Waals surface area contributed by atoms with Gasteiger partial charge in [0.25, 0.3) is 0 Å². The molecule has 0 fully saturated rings. The van der Waals surface area contributed by atoms with Gasteiger partial charge in [-0.3, -0.25) is 0 Å². The monoisotopic (exact) mass is 316 g/mol. The van der Waals surface area contributed by atoms with Crippen LogP contribution in [0, 0.1) is 0 Å². The molecule has 0 radical (unpaired) electrons. The fraction of sp³-hybridized carbons (Fsp3) is 0.143. The Morgan fingerprint density at radius 2 is 1.81 bits per heavy atom. The molecule has 3 N–H and O–H groups in total. The van der Waals surface area contributed by atoms with Gasteiger partial charge in [-0.05, 0) is 30.3 Å². The quantitative estimate of drug-likeness (QED) is 0.807. The van der Waals surface area contributed by atoms with Gasteiger partial charge in [0.1, 0.15) is 5.75 Å². The molecular formula is C14H12ClF3N2O. The average Bonchev–Trinajstić information content (AvgIpc) is 2.42. The molecule has 2 rings (SSSR count). The summed E-state index contributed by atoms with van der Waals surface area (Å²) in [5.74, 6) is 0.481. The summed E-state index contributed by atoms with van der Waals surface area (Å²) in [5, 5.41) is 2.67. The minimum atomic E-state index is -4.53. The van der Waals surface area contributed by atoms with Crippen molar-refractivity contribution in [1.82, 2.24) is 0 Å². The largest absolute Gasteiger partial charge is 0.497 e. The van der Waals surface area contributed by atoms with Crippen LogP contribution < -0.4 is 15.8 Å². The number of nitrogens with two attached hydrogens (primary N) is 1. The van der Waals surface area contributed by atoms with Crippen LogP contribution in [0.4, 0.5) is 30.2 Å². The second kappa shape index (κ2) is 5.73. The number of nitrogen functional groups attached to an aromatic ring is 1. The molecule has 0 heterocycles. The van der Waals surface area contributed by atoms with E-state index >= 15 is 0 Å². The van der Waals surface area contributed by atoms with Crippen molar-refractivity contribution in [2.45, 2.75) is 6.18 Å². The zero-order valence-electron chi connectivity index (χ0n) is 11.0. The van der Waals surface area contributed by atoms with Crippen molar-refractivity contribution in [1.29, 1.82) is 0 Å². The van der Waals surface area contributed by atoms with Gasteiger partial charge in [-0.2, -0.15) is 13.2 Å². The number of methoxy groups -OCH3 is 1.